The van der Waals surface area contributed by atoms with E-state index < -0.39 is 0 Å². The number of nitrogens with one attached hydrogen (secondary N) is 2. The molecule has 1 aromatic heterocycles. The van der Waals surface area contributed by atoms with Crippen molar-refractivity contribution in [2.75, 3.05) is 6.61 Å². The Labute approximate surface area is 105 Å². The molecule has 2 unspecified atom stereocenters. The Morgan fingerprint density at radius 1 is 1.59 bits per heavy atom. The van der Waals surface area contributed by atoms with E-state index in [1.807, 2.05) is 20.8 Å². The van der Waals surface area contributed by atoms with Crippen LogP contribution in [0.5, 0.6) is 0 Å². The van der Waals surface area contributed by atoms with E-state index in [-0.39, 0.29) is 24.7 Å². The maximum atomic E-state index is 11.6. The molecule has 0 radical (unpaired) electrons. The summed E-state index contributed by atoms with van der Waals surface area (Å²) in [5.74, 6) is 0. The maximum absolute atomic E-state index is 11.6. The van der Waals surface area contributed by atoms with Crippen LogP contribution in [0.3, 0.4) is 0 Å². The zero-order valence-electron chi connectivity index (χ0n) is 10.4. The topological polar surface area (TPSA) is 74.2 Å². The lowest BCUT2D eigenvalue weighted by atomic mass is 10.2. The van der Waals surface area contributed by atoms with E-state index >= 15 is 0 Å². The number of rotatable bonds is 5. The first-order chi connectivity index (χ1) is 8.06. The molecule has 0 saturated carbocycles. The van der Waals surface area contributed by atoms with Crippen molar-refractivity contribution in [2.24, 2.45) is 0 Å². The first-order valence-electron chi connectivity index (χ1n) is 5.67. The van der Waals surface area contributed by atoms with Crippen molar-refractivity contribution >= 4 is 17.4 Å². The van der Waals surface area contributed by atoms with Gasteiger partial charge in [-0.3, -0.25) is 0 Å². The third-order valence-electron chi connectivity index (χ3n) is 2.41. The van der Waals surface area contributed by atoms with E-state index in [0.717, 1.165) is 9.88 Å². The lowest BCUT2D eigenvalue weighted by Gasteiger charge is -2.17. The summed E-state index contributed by atoms with van der Waals surface area (Å²) in [6, 6.07) is -0.587. The maximum Gasteiger partial charge on any atom is 0.315 e. The molecule has 96 valence electrons. The number of aliphatic hydroxyl groups excluding tert-OH is 1. The van der Waals surface area contributed by atoms with E-state index in [0.29, 0.717) is 6.42 Å². The molecule has 0 aromatic carbocycles. The average Bonchev–Trinajstić information content (AvgIpc) is 2.72. The molecule has 6 heteroatoms. The van der Waals surface area contributed by atoms with E-state index in [2.05, 4.69) is 15.6 Å². The molecule has 3 N–H and O–H groups in total. The SMILES string of the molecule is CCC(CO)NC(=O)NC(C)c1ncc(C)s1. The number of nitrogens with zero attached hydrogens (tertiary/aromatic N) is 1. The highest BCUT2D eigenvalue weighted by molar-refractivity contribution is 7.11. The van der Waals surface area contributed by atoms with Gasteiger partial charge in [0.25, 0.3) is 0 Å². The number of aryl methyl sites for hydroxylation is 1. The molecular formula is C11H19N3O2S. The van der Waals surface area contributed by atoms with Gasteiger partial charge in [-0.25, -0.2) is 9.78 Å². The normalized spacial score (nSPS) is 14.1. The molecule has 1 aromatic rings. The van der Waals surface area contributed by atoms with Crippen molar-refractivity contribution in [1.82, 2.24) is 15.6 Å². The molecule has 5 nitrogen and oxygen atoms in total. The number of urea groups is 1. The standard InChI is InChI=1S/C11H19N3O2S/c1-4-9(6-15)14-11(16)13-8(3)10-12-5-7(2)17-10/h5,8-9,15H,4,6H2,1-3H3,(H2,13,14,16). The summed E-state index contributed by atoms with van der Waals surface area (Å²) in [5, 5.41) is 15.4. The highest BCUT2D eigenvalue weighted by atomic mass is 32.1. The highest BCUT2D eigenvalue weighted by Crippen LogP contribution is 2.18. The van der Waals surface area contributed by atoms with Crippen LogP contribution in [0.4, 0.5) is 4.79 Å². The van der Waals surface area contributed by atoms with E-state index in [4.69, 9.17) is 5.11 Å². The highest BCUT2D eigenvalue weighted by Gasteiger charge is 2.14. The minimum Gasteiger partial charge on any atom is -0.394 e. The number of hydrogen-bond acceptors (Lipinski definition) is 4. The zero-order valence-corrected chi connectivity index (χ0v) is 11.2. The first-order valence-corrected chi connectivity index (χ1v) is 6.48. The summed E-state index contributed by atoms with van der Waals surface area (Å²) in [6.45, 7) is 5.73. The van der Waals surface area contributed by atoms with Crippen LogP contribution >= 0.6 is 11.3 Å². The molecule has 2 atom stereocenters. The fourth-order valence-electron chi connectivity index (χ4n) is 1.33. The van der Waals surface area contributed by atoms with Gasteiger partial charge in [-0.15, -0.1) is 11.3 Å². The fourth-order valence-corrected chi connectivity index (χ4v) is 2.11. The number of thiazole rings is 1. The van der Waals surface area contributed by atoms with Crippen molar-refractivity contribution in [1.29, 1.82) is 0 Å². The number of carbonyl (C=O) groups is 1. The summed E-state index contributed by atoms with van der Waals surface area (Å²) < 4.78 is 0. The van der Waals surface area contributed by atoms with Crippen LogP contribution in [0.1, 0.15) is 36.2 Å². The van der Waals surface area contributed by atoms with Crippen LogP contribution in [0, 0.1) is 6.92 Å². The molecule has 0 aliphatic heterocycles. The summed E-state index contributed by atoms with van der Waals surface area (Å²) in [7, 11) is 0. The first kappa shape index (κ1) is 13.9. The fraction of sp³-hybridized carbons (Fsp3) is 0.636. The molecule has 0 spiro atoms. The van der Waals surface area contributed by atoms with Gasteiger partial charge in [0.1, 0.15) is 5.01 Å². The molecular weight excluding hydrogens is 238 g/mol. The minimum absolute atomic E-state index is 0.0470. The van der Waals surface area contributed by atoms with Crippen molar-refractivity contribution in [3.63, 3.8) is 0 Å². The van der Waals surface area contributed by atoms with Gasteiger partial charge in [0, 0.05) is 11.1 Å². The summed E-state index contributed by atoms with van der Waals surface area (Å²) in [5.41, 5.74) is 0. The second kappa shape index (κ2) is 6.56. The van der Waals surface area contributed by atoms with Gasteiger partial charge >= 0.3 is 6.03 Å². The Balaban J connectivity index is 2.45. The molecule has 1 heterocycles. The molecule has 0 aliphatic rings. The number of aromatic nitrogens is 1. The Hall–Kier alpha value is -1.14. The third kappa shape index (κ3) is 4.32. The number of carbonyl (C=O) groups excluding carboxylic acids is 1. The van der Waals surface area contributed by atoms with Crippen LogP contribution in [-0.4, -0.2) is 28.8 Å². The van der Waals surface area contributed by atoms with E-state index in [1.165, 1.54) is 0 Å². The number of hydrogen-bond donors (Lipinski definition) is 3. The van der Waals surface area contributed by atoms with Gasteiger partial charge in [0.2, 0.25) is 0 Å². The van der Waals surface area contributed by atoms with Crippen molar-refractivity contribution in [3.8, 4) is 0 Å². The van der Waals surface area contributed by atoms with Crippen molar-refractivity contribution in [2.45, 2.75) is 39.3 Å². The molecule has 0 fully saturated rings. The van der Waals surface area contributed by atoms with Gasteiger partial charge in [0.15, 0.2) is 0 Å². The predicted molar refractivity (Wildman–Crippen MR) is 68.1 cm³/mol. The largest absolute Gasteiger partial charge is 0.394 e. The Morgan fingerprint density at radius 2 is 2.29 bits per heavy atom. The third-order valence-corrected chi connectivity index (χ3v) is 3.50. The van der Waals surface area contributed by atoms with Crippen LogP contribution in [-0.2, 0) is 0 Å². The van der Waals surface area contributed by atoms with Gasteiger partial charge in [-0.2, -0.15) is 0 Å². The van der Waals surface area contributed by atoms with Gasteiger partial charge in [-0.05, 0) is 20.3 Å². The lowest BCUT2D eigenvalue weighted by molar-refractivity contribution is 0.212. The molecule has 0 saturated heterocycles. The molecule has 17 heavy (non-hydrogen) atoms. The lowest BCUT2D eigenvalue weighted by Crippen LogP contribution is -2.44. The quantitative estimate of drug-likeness (QED) is 0.749. The zero-order chi connectivity index (χ0) is 12.8. The van der Waals surface area contributed by atoms with Gasteiger partial charge in [0.05, 0.1) is 18.7 Å². The average molecular weight is 257 g/mol. The second-order valence-electron chi connectivity index (χ2n) is 3.94. The molecule has 1 rings (SSSR count). The smallest absolute Gasteiger partial charge is 0.315 e. The van der Waals surface area contributed by atoms with Crippen LogP contribution in [0.25, 0.3) is 0 Å². The molecule has 0 bridgehead atoms. The summed E-state index contributed by atoms with van der Waals surface area (Å²) >= 11 is 1.57. The van der Waals surface area contributed by atoms with Gasteiger partial charge < -0.3 is 15.7 Å². The van der Waals surface area contributed by atoms with Crippen molar-refractivity contribution in [3.05, 3.63) is 16.1 Å². The van der Waals surface area contributed by atoms with Crippen LogP contribution in [0.2, 0.25) is 0 Å². The monoisotopic (exact) mass is 257 g/mol. The van der Waals surface area contributed by atoms with E-state index in [9.17, 15) is 4.79 Å². The number of amides is 2. The Morgan fingerprint density at radius 3 is 2.76 bits per heavy atom. The van der Waals surface area contributed by atoms with Gasteiger partial charge in [-0.1, -0.05) is 6.92 Å². The van der Waals surface area contributed by atoms with Crippen LogP contribution in [0.15, 0.2) is 6.20 Å². The molecule has 2 amide bonds. The Kier molecular flexibility index (Phi) is 5.37. The van der Waals surface area contributed by atoms with E-state index in [1.54, 1.807) is 17.5 Å². The summed E-state index contributed by atoms with van der Waals surface area (Å²) in [6.07, 6.45) is 2.49. The molecule has 0 aliphatic carbocycles. The predicted octanol–water partition coefficient (Wildman–Crippen LogP) is 1.58. The van der Waals surface area contributed by atoms with Crippen LogP contribution < -0.4 is 10.6 Å². The number of aliphatic hydroxyl groups is 1. The second-order valence-corrected chi connectivity index (χ2v) is 5.20. The minimum atomic E-state index is -0.272. The Bertz CT molecular complexity index is 363. The van der Waals surface area contributed by atoms with Crippen molar-refractivity contribution < 1.29 is 9.90 Å². The summed E-state index contributed by atoms with van der Waals surface area (Å²) in [4.78, 5) is 16.9.